The molecule has 0 spiro atoms. The number of aryl methyl sites for hydroxylation is 1. The zero-order valence-corrected chi connectivity index (χ0v) is 16.7. The van der Waals surface area contributed by atoms with Crippen molar-refractivity contribution in [2.24, 2.45) is 0 Å². The molecule has 0 aliphatic heterocycles. The summed E-state index contributed by atoms with van der Waals surface area (Å²) in [5.41, 5.74) is 4.53. The molecule has 0 fully saturated rings. The van der Waals surface area contributed by atoms with E-state index in [0.717, 1.165) is 32.0 Å². The molecule has 1 atom stereocenters. The summed E-state index contributed by atoms with van der Waals surface area (Å²) in [6, 6.07) is 19.0. The number of hydrogen-bond donors (Lipinski definition) is 2. The van der Waals surface area contributed by atoms with E-state index in [1.807, 2.05) is 55.5 Å². The summed E-state index contributed by atoms with van der Waals surface area (Å²) in [6.07, 6.45) is -0.481. The van der Waals surface area contributed by atoms with Crippen molar-refractivity contribution < 1.29 is 19.4 Å². The lowest BCUT2D eigenvalue weighted by atomic mass is 9.98. The number of alkyl carbamates (subject to hydrolysis) is 1. The monoisotopic (exact) mass is 407 g/mol. The lowest BCUT2D eigenvalue weighted by Gasteiger charge is -2.17. The quantitative estimate of drug-likeness (QED) is 0.627. The zero-order valence-electron chi connectivity index (χ0n) is 15.9. The molecule has 2 aromatic carbocycles. The summed E-state index contributed by atoms with van der Waals surface area (Å²) in [5.74, 6) is -1.14. The fourth-order valence-electron chi connectivity index (χ4n) is 3.78. The molecule has 0 radical (unpaired) electrons. The Morgan fingerprint density at radius 3 is 2.21 bits per heavy atom. The van der Waals surface area contributed by atoms with Crippen LogP contribution in [0.3, 0.4) is 0 Å². The summed E-state index contributed by atoms with van der Waals surface area (Å²) in [7, 11) is 0. The summed E-state index contributed by atoms with van der Waals surface area (Å²) >= 11 is 1.52. The minimum atomic E-state index is -1.08. The van der Waals surface area contributed by atoms with Crippen LogP contribution in [-0.4, -0.2) is 29.8 Å². The van der Waals surface area contributed by atoms with E-state index in [1.165, 1.54) is 11.3 Å². The number of ether oxygens (including phenoxy) is 1. The van der Waals surface area contributed by atoms with Crippen LogP contribution in [-0.2, 0) is 16.0 Å². The summed E-state index contributed by atoms with van der Waals surface area (Å²) < 4.78 is 5.45. The number of nitrogens with one attached hydrogen (secondary N) is 1. The predicted octanol–water partition coefficient (Wildman–Crippen LogP) is 4.59. The molecule has 6 heteroatoms. The lowest BCUT2D eigenvalue weighted by Crippen LogP contribution is -2.42. The molecule has 0 saturated heterocycles. The average molecular weight is 407 g/mol. The molecule has 0 unspecified atom stereocenters. The Bertz CT molecular complexity index is 1010. The van der Waals surface area contributed by atoms with E-state index in [1.54, 1.807) is 0 Å². The van der Waals surface area contributed by atoms with Gasteiger partial charge in [0.25, 0.3) is 0 Å². The largest absolute Gasteiger partial charge is 0.480 e. The Hall–Kier alpha value is -3.12. The number of carboxylic acids is 1. The van der Waals surface area contributed by atoms with Gasteiger partial charge >= 0.3 is 12.1 Å². The van der Waals surface area contributed by atoms with Gasteiger partial charge in [0.15, 0.2) is 0 Å². The second-order valence-corrected chi connectivity index (χ2v) is 8.45. The summed E-state index contributed by atoms with van der Waals surface area (Å²) in [4.78, 5) is 25.9. The molecule has 1 aromatic heterocycles. The molecule has 3 aromatic rings. The first-order chi connectivity index (χ1) is 14.0. The van der Waals surface area contributed by atoms with Crippen molar-refractivity contribution in [2.45, 2.75) is 25.3 Å². The Labute approximate surface area is 173 Å². The number of carbonyl (C=O) groups is 2. The first-order valence-corrected chi connectivity index (χ1v) is 10.2. The van der Waals surface area contributed by atoms with Crippen molar-refractivity contribution in [1.29, 1.82) is 0 Å². The molecular formula is C23H21NO4S. The van der Waals surface area contributed by atoms with E-state index in [2.05, 4.69) is 17.4 Å². The van der Waals surface area contributed by atoms with Crippen molar-refractivity contribution >= 4 is 23.4 Å². The van der Waals surface area contributed by atoms with Gasteiger partial charge < -0.3 is 15.2 Å². The van der Waals surface area contributed by atoms with Crippen LogP contribution in [0.25, 0.3) is 11.1 Å². The van der Waals surface area contributed by atoms with Gasteiger partial charge in [-0.3, -0.25) is 0 Å². The van der Waals surface area contributed by atoms with Crippen molar-refractivity contribution in [1.82, 2.24) is 5.32 Å². The third kappa shape index (κ3) is 4.03. The molecule has 5 nitrogen and oxygen atoms in total. The summed E-state index contributed by atoms with van der Waals surface area (Å²) in [5, 5.41) is 12.0. The topological polar surface area (TPSA) is 75.6 Å². The van der Waals surface area contributed by atoms with Crippen LogP contribution >= 0.6 is 11.3 Å². The van der Waals surface area contributed by atoms with Crippen molar-refractivity contribution in [2.75, 3.05) is 6.61 Å². The number of thiophene rings is 1. The van der Waals surface area contributed by atoms with Gasteiger partial charge in [-0.15, -0.1) is 11.3 Å². The van der Waals surface area contributed by atoms with Gasteiger partial charge in [-0.05, 0) is 41.3 Å². The van der Waals surface area contributed by atoms with Gasteiger partial charge in [0, 0.05) is 22.1 Å². The molecule has 1 aliphatic rings. The van der Waals surface area contributed by atoms with Gasteiger partial charge in [0.2, 0.25) is 0 Å². The average Bonchev–Trinajstić information content (AvgIpc) is 3.27. The van der Waals surface area contributed by atoms with E-state index in [0.29, 0.717) is 0 Å². The maximum atomic E-state index is 12.3. The van der Waals surface area contributed by atoms with Crippen molar-refractivity contribution in [3.05, 3.63) is 81.5 Å². The fourth-order valence-corrected chi connectivity index (χ4v) is 4.71. The molecule has 148 valence electrons. The van der Waals surface area contributed by atoms with Crippen LogP contribution < -0.4 is 5.32 Å². The van der Waals surface area contributed by atoms with Crippen LogP contribution in [0, 0.1) is 6.92 Å². The number of benzene rings is 2. The van der Waals surface area contributed by atoms with Crippen LogP contribution in [0.15, 0.2) is 60.7 Å². The number of hydrogen-bond acceptors (Lipinski definition) is 4. The Morgan fingerprint density at radius 1 is 1.03 bits per heavy atom. The maximum absolute atomic E-state index is 12.3. The Morgan fingerprint density at radius 2 is 1.66 bits per heavy atom. The minimum absolute atomic E-state index is 0.0589. The molecule has 1 amide bonds. The van der Waals surface area contributed by atoms with E-state index >= 15 is 0 Å². The van der Waals surface area contributed by atoms with E-state index < -0.39 is 18.1 Å². The molecule has 0 saturated carbocycles. The van der Waals surface area contributed by atoms with Gasteiger partial charge in [-0.2, -0.15) is 0 Å². The van der Waals surface area contributed by atoms with Gasteiger partial charge in [0.05, 0.1) is 0 Å². The molecule has 0 bridgehead atoms. The number of rotatable bonds is 6. The molecule has 29 heavy (non-hydrogen) atoms. The van der Waals surface area contributed by atoms with Crippen molar-refractivity contribution in [3.8, 4) is 11.1 Å². The SMILES string of the molecule is Cc1ccc(C[C@H](NC(=O)OCC2c3ccccc3-c3ccccc32)C(=O)O)s1. The fraction of sp³-hybridized carbons (Fsp3) is 0.217. The van der Waals surface area contributed by atoms with Gasteiger partial charge in [-0.1, -0.05) is 48.5 Å². The van der Waals surface area contributed by atoms with Crippen LogP contribution in [0.5, 0.6) is 0 Å². The molecular weight excluding hydrogens is 386 g/mol. The second-order valence-electron chi connectivity index (χ2n) is 7.08. The van der Waals surface area contributed by atoms with Crippen LogP contribution in [0.2, 0.25) is 0 Å². The zero-order chi connectivity index (χ0) is 20.4. The lowest BCUT2D eigenvalue weighted by molar-refractivity contribution is -0.139. The highest BCUT2D eigenvalue weighted by Crippen LogP contribution is 2.44. The number of fused-ring (bicyclic) bond motifs is 3. The minimum Gasteiger partial charge on any atom is -0.480 e. The van der Waals surface area contributed by atoms with Gasteiger partial charge in [-0.25, -0.2) is 9.59 Å². The predicted molar refractivity (Wildman–Crippen MR) is 112 cm³/mol. The third-order valence-corrected chi connectivity index (χ3v) is 6.16. The number of aliphatic carboxylic acids is 1. The van der Waals surface area contributed by atoms with E-state index in [9.17, 15) is 14.7 Å². The highest BCUT2D eigenvalue weighted by atomic mass is 32.1. The smallest absolute Gasteiger partial charge is 0.407 e. The Kier molecular flexibility index (Phi) is 5.36. The van der Waals surface area contributed by atoms with E-state index in [-0.39, 0.29) is 18.9 Å². The first kappa shape index (κ1) is 19.2. The molecule has 2 N–H and O–H groups in total. The standard InChI is InChI=1S/C23H21NO4S/c1-14-10-11-15(29-14)12-21(22(25)26)24-23(27)28-13-20-18-8-4-2-6-16(18)17-7-3-5-9-19(17)20/h2-11,20-21H,12-13H2,1H3,(H,24,27)(H,25,26)/t21-/m0/s1. The van der Waals surface area contributed by atoms with Crippen molar-refractivity contribution in [3.63, 3.8) is 0 Å². The normalized spacial score (nSPS) is 13.4. The highest BCUT2D eigenvalue weighted by Gasteiger charge is 2.29. The Balaban J connectivity index is 1.43. The highest BCUT2D eigenvalue weighted by molar-refractivity contribution is 7.11. The first-order valence-electron chi connectivity index (χ1n) is 9.42. The molecule has 1 aliphatic carbocycles. The molecule has 1 heterocycles. The number of carbonyl (C=O) groups excluding carboxylic acids is 1. The third-order valence-electron chi connectivity index (χ3n) is 5.14. The van der Waals surface area contributed by atoms with Crippen LogP contribution in [0.4, 0.5) is 4.79 Å². The molecule has 4 rings (SSSR count). The summed E-state index contributed by atoms with van der Waals surface area (Å²) in [6.45, 7) is 2.12. The maximum Gasteiger partial charge on any atom is 0.407 e. The number of amides is 1. The second kappa shape index (κ2) is 8.09. The van der Waals surface area contributed by atoms with Gasteiger partial charge in [0.1, 0.15) is 12.6 Å². The number of carboxylic acid groups (broad SMARTS) is 1. The van der Waals surface area contributed by atoms with E-state index in [4.69, 9.17) is 4.74 Å². The van der Waals surface area contributed by atoms with Crippen LogP contribution in [0.1, 0.15) is 26.8 Å².